The molecule has 3 saturated heterocycles. The maximum Gasteiger partial charge on any atom is 0.318 e. The van der Waals surface area contributed by atoms with Gasteiger partial charge >= 0.3 is 6.03 Å². The van der Waals surface area contributed by atoms with Crippen LogP contribution in [0.15, 0.2) is 67.1 Å². The fourth-order valence-corrected chi connectivity index (χ4v) is 12.5. The number of hydrogen-bond donors (Lipinski definition) is 7. The molecule has 4 aliphatic heterocycles. The highest BCUT2D eigenvalue weighted by atomic mass is 16.3. The number of carbonyl (C=O) groups excluding carboxylic acids is 3. The number of carbonyl (C=O) groups is 3. The van der Waals surface area contributed by atoms with Crippen LogP contribution in [0.1, 0.15) is 144 Å². The van der Waals surface area contributed by atoms with Crippen molar-refractivity contribution in [2.45, 2.75) is 142 Å². The fraction of sp³-hybridized carbons (Fsp3) is 0.517. The van der Waals surface area contributed by atoms with Crippen molar-refractivity contribution in [3.05, 3.63) is 106 Å². The lowest BCUT2D eigenvalue weighted by Crippen LogP contribution is -2.70. The van der Waals surface area contributed by atoms with Crippen molar-refractivity contribution in [2.24, 2.45) is 16.6 Å². The standard InChI is InChI=1S/C43H60N10O3.C15H18N2O2/c1-26-9-8-15-52(26)39(55)37(42(3,4)5)49-41(56)51-24-43(25-51)20-30(21-43)50-16-12-28(13-17-50)29-22-46-40(47-23-29)53-18-14-34-36(27(53)2)32(38(45)48-34)19-33(44)31-10-6-7-11-35(31)54;1-10-13-5-4-12(8-11(13)6-7-16-10)14(17-9-18)15(2,3)19/h6-7,10-11,19,22-23,26-28,30,37,48,54H,8-9,12-18,20-21,24-25,44-45H2,1-5H3,(H,49,56);4-9,14,19H,1-3H3,(H,17,18)/b33-19-;. The van der Waals surface area contributed by atoms with Crippen LogP contribution in [0.4, 0.5) is 16.6 Å². The Balaban J connectivity index is 0.000000305. The van der Waals surface area contributed by atoms with Crippen molar-refractivity contribution in [3.63, 3.8) is 0 Å². The van der Waals surface area contributed by atoms with Crippen LogP contribution in [-0.4, -0.2) is 126 Å². The van der Waals surface area contributed by atoms with Gasteiger partial charge in [-0.05, 0) is 144 Å². The largest absolute Gasteiger partial charge is 0.507 e. The maximum absolute atomic E-state index is 13.5. The maximum atomic E-state index is 13.5. The molecule has 9 N–H and O–H groups in total. The first-order chi connectivity index (χ1) is 35.6. The van der Waals surface area contributed by atoms with Crippen LogP contribution in [0, 0.1) is 17.8 Å². The number of anilines is 2. The summed E-state index contributed by atoms with van der Waals surface area (Å²) in [6.07, 6.45) is 15.5. The van der Waals surface area contributed by atoms with Gasteiger partial charge in [0.15, 0.2) is 0 Å². The van der Waals surface area contributed by atoms with Gasteiger partial charge in [0, 0.05) is 108 Å². The number of aromatic nitrogens is 4. The zero-order chi connectivity index (χ0) is 53.6. The van der Waals surface area contributed by atoms with Gasteiger partial charge in [-0.15, -0.1) is 0 Å². The summed E-state index contributed by atoms with van der Waals surface area (Å²) in [7, 11) is 0. The Labute approximate surface area is 441 Å². The van der Waals surface area contributed by atoms with Gasteiger partial charge in [0.25, 0.3) is 0 Å². The Bertz CT molecular complexity index is 2900. The number of fused-ring (bicyclic) bond motifs is 2. The molecule has 0 radical (unpaired) electrons. The fourth-order valence-electron chi connectivity index (χ4n) is 12.5. The van der Waals surface area contributed by atoms with Crippen LogP contribution in [0.5, 0.6) is 5.75 Å². The third-order valence-corrected chi connectivity index (χ3v) is 16.8. The number of aliphatic hydroxyl groups is 1. The molecular weight excluding hydrogens is 945 g/mol. The average Bonchev–Trinajstić information content (AvgIpc) is 3.93. The number of aryl methyl sites for hydroxylation is 1. The number of benzene rings is 2. The van der Waals surface area contributed by atoms with Gasteiger partial charge in [-0.1, -0.05) is 45.0 Å². The number of rotatable bonds is 11. The summed E-state index contributed by atoms with van der Waals surface area (Å²) in [6, 6.07) is 14.5. The van der Waals surface area contributed by atoms with E-state index in [9.17, 15) is 24.6 Å². The number of phenols is 1. The quantitative estimate of drug-likeness (QED) is 0.0636. The summed E-state index contributed by atoms with van der Waals surface area (Å²) in [6.45, 7) is 20.9. The number of H-pyrrole nitrogens is 1. The zero-order valence-corrected chi connectivity index (χ0v) is 45.1. The third kappa shape index (κ3) is 11.0. The van der Waals surface area contributed by atoms with Crippen molar-refractivity contribution >= 4 is 52.7 Å². The highest BCUT2D eigenvalue weighted by Gasteiger charge is 2.55. The van der Waals surface area contributed by atoms with E-state index in [1.165, 1.54) is 5.56 Å². The van der Waals surface area contributed by atoms with E-state index < -0.39 is 17.7 Å². The molecule has 7 heterocycles. The van der Waals surface area contributed by atoms with Crippen molar-refractivity contribution in [1.82, 2.24) is 45.3 Å². The molecule has 3 aromatic heterocycles. The number of hydrogen-bond acceptors (Lipinski definition) is 12. The number of phenolic OH excluding ortho intramolecular Hbond substituents is 1. The van der Waals surface area contributed by atoms with E-state index in [2.05, 4.69) is 44.2 Å². The van der Waals surface area contributed by atoms with Gasteiger partial charge < -0.3 is 56.9 Å². The molecule has 5 aromatic rings. The van der Waals surface area contributed by atoms with Crippen LogP contribution in [0.2, 0.25) is 0 Å². The number of pyridine rings is 1. The van der Waals surface area contributed by atoms with Crippen molar-refractivity contribution in [3.8, 4) is 5.75 Å². The molecule has 1 saturated carbocycles. The molecule has 4 amide bonds. The van der Waals surface area contributed by atoms with Crippen molar-refractivity contribution in [1.29, 1.82) is 0 Å². The molecule has 10 rings (SSSR count). The van der Waals surface area contributed by atoms with Crippen LogP contribution in [0.25, 0.3) is 22.5 Å². The highest BCUT2D eigenvalue weighted by Crippen LogP contribution is 2.51. The monoisotopic (exact) mass is 1020 g/mol. The van der Waals surface area contributed by atoms with E-state index in [0.29, 0.717) is 41.4 Å². The summed E-state index contributed by atoms with van der Waals surface area (Å²) in [4.78, 5) is 63.7. The average molecular weight is 1020 g/mol. The number of aromatic hydroxyl groups is 1. The second-order valence-electron chi connectivity index (χ2n) is 23.6. The minimum Gasteiger partial charge on any atom is -0.507 e. The molecule has 17 heteroatoms. The van der Waals surface area contributed by atoms with Crippen molar-refractivity contribution < 1.29 is 24.6 Å². The Morgan fingerprint density at radius 1 is 0.947 bits per heavy atom. The Morgan fingerprint density at radius 3 is 2.29 bits per heavy atom. The summed E-state index contributed by atoms with van der Waals surface area (Å²) in [5, 5.41) is 28.4. The number of aromatic amines is 1. The molecule has 1 aliphatic carbocycles. The number of nitrogens with two attached hydrogens (primary N) is 2. The lowest BCUT2D eigenvalue weighted by atomic mass is 9.60. The molecule has 4 atom stereocenters. The first kappa shape index (κ1) is 53.1. The summed E-state index contributed by atoms with van der Waals surface area (Å²) < 4.78 is 0. The number of para-hydroxylation sites is 1. The first-order valence-corrected chi connectivity index (χ1v) is 26.9. The Hall–Kier alpha value is -6.72. The number of amides is 4. The van der Waals surface area contributed by atoms with E-state index in [1.54, 1.807) is 38.2 Å². The van der Waals surface area contributed by atoms with Gasteiger partial charge in [0.1, 0.15) is 17.6 Å². The normalized spacial score (nSPS) is 21.1. The summed E-state index contributed by atoms with van der Waals surface area (Å²) in [5.74, 6) is 1.88. The number of nitrogen functional groups attached to an aromatic ring is 1. The van der Waals surface area contributed by atoms with Gasteiger partial charge in [-0.2, -0.15) is 0 Å². The molecule has 17 nitrogen and oxygen atoms in total. The predicted molar refractivity (Wildman–Crippen MR) is 294 cm³/mol. The van der Waals surface area contributed by atoms with E-state index in [-0.39, 0.29) is 40.6 Å². The molecule has 1 spiro atoms. The predicted octanol–water partition coefficient (Wildman–Crippen LogP) is 7.55. The van der Waals surface area contributed by atoms with Gasteiger partial charge in [-0.3, -0.25) is 14.6 Å². The Kier molecular flexibility index (Phi) is 15.0. The third-order valence-electron chi connectivity index (χ3n) is 16.8. The SMILES string of the molecule is CC1CCCN1C(=O)C(NC(=O)N1CC2(CC(N3CCC(c4cnc(N5CCc6[nH]c(N)c(/C=C(\N)c7ccccc7O)c6C5C)nc4)CC3)C2)C1)C(C)(C)C.Cc1nccc2cc(C(NC=O)C(C)(C)O)ccc12. The molecule has 75 heavy (non-hydrogen) atoms. The number of piperidine rings is 1. The smallest absolute Gasteiger partial charge is 0.318 e. The Morgan fingerprint density at radius 2 is 1.65 bits per heavy atom. The molecule has 400 valence electrons. The van der Waals surface area contributed by atoms with E-state index in [0.717, 1.165) is 123 Å². The van der Waals surface area contributed by atoms with Crippen LogP contribution >= 0.6 is 0 Å². The summed E-state index contributed by atoms with van der Waals surface area (Å²) >= 11 is 0. The zero-order valence-electron chi connectivity index (χ0n) is 45.1. The van der Waals surface area contributed by atoms with Crippen LogP contribution in [-0.2, 0) is 16.0 Å². The van der Waals surface area contributed by atoms with Gasteiger partial charge in [0.05, 0.1) is 17.7 Å². The molecule has 4 fully saturated rings. The van der Waals surface area contributed by atoms with Crippen LogP contribution in [0.3, 0.4) is 0 Å². The van der Waals surface area contributed by atoms with Gasteiger partial charge in [-0.25, -0.2) is 14.8 Å². The van der Waals surface area contributed by atoms with E-state index >= 15 is 0 Å². The summed E-state index contributed by atoms with van der Waals surface area (Å²) in [5.41, 5.74) is 18.8. The minimum atomic E-state index is -1.03. The molecular formula is C58H78N12O5. The molecule has 2 aromatic carbocycles. The highest BCUT2D eigenvalue weighted by molar-refractivity contribution is 5.89. The van der Waals surface area contributed by atoms with Crippen LogP contribution < -0.4 is 27.0 Å². The number of urea groups is 1. The first-order valence-electron chi connectivity index (χ1n) is 26.9. The second-order valence-corrected chi connectivity index (χ2v) is 23.6. The van der Waals surface area contributed by atoms with E-state index in [4.69, 9.17) is 21.4 Å². The molecule has 5 aliphatic rings. The minimum absolute atomic E-state index is 0.0268. The molecule has 0 bridgehead atoms. The number of nitrogens with zero attached hydrogens (tertiary/aromatic N) is 7. The number of nitrogens with one attached hydrogen (secondary N) is 3. The topological polar surface area (TPSA) is 235 Å². The lowest BCUT2D eigenvalue weighted by Gasteiger charge is -2.61. The lowest BCUT2D eigenvalue weighted by molar-refractivity contribution is -0.136. The second kappa shape index (κ2) is 21.1. The van der Waals surface area contributed by atoms with Crippen molar-refractivity contribution in [2.75, 3.05) is 49.9 Å². The number of likely N-dealkylation sites (tertiary alicyclic amines) is 3. The van der Waals surface area contributed by atoms with Gasteiger partial charge in [0.2, 0.25) is 18.3 Å². The molecule has 4 unspecified atom stereocenters. The van der Waals surface area contributed by atoms with E-state index in [1.807, 2.05) is 86.3 Å².